The van der Waals surface area contributed by atoms with Gasteiger partial charge in [0.15, 0.2) is 0 Å². The largest absolute Gasteiger partial charge is 0.465 e. The van der Waals surface area contributed by atoms with E-state index >= 15 is 0 Å². The number of carbonyl (C=O) groups is 1. The molecule has 0 aliphatic heterocycles. The highest BCUT2D eigenvalue weighted by Crippen LogP contribution is 2.08. The molecule has 4 heteroatoms. The Morgan fingerprint density at radius 2 is 2.06 bits per heavy atom. The van der Waals surface area contributed by atoms with Gasteiger partial charge in [-0.25, -0.2) is 0 Å². The first-order chi connectivity index (χ1) is 7.46. The predicted molar refractivity (Wildman–Crippen MR) is 64.2 cm³/mol. The molecule has 4 nitrogen and oxygen atoms in total. The lowest BCUT2D eigenvalue weighted by atomic mass is 10.0. The van der Waals surface area contributed by atoms with Gasteiger partial charge >= 0.3 is 5.97 Å². The molecule has 0 radical (unpaired) electrons. The molecule has 2 unspecified atom stereocenters. The lowest BCUT2D eigenvalue weighted by molar-refractivity contribution is -0.146. The number of nitrogens with one attached hydrogen (secondary N) is 1. The van der Waals surface area contributed by atoms with Gasteiger partial charge in [-0.05, 0) is 26.7 Å². The zero-order chi connectivity index (χ0) is 12.6. The van der Waals surface area contributed by atoms with Crippen LogP contribution in [0.25, 0.3) is 0 Å². The van der Waals surface area contributed by atoms with Crippen LogP contribution in [0.2, 0.25) is 0 Å². The predicted octanol–water partition coefficient (Wildman–Crippen LogP) is 1.47. The minimum absolute atomic E-state index is 0.226. The van der Waals surface area contributed by atoms with E-state index in [0.29, 0.717) is 19.6 Å². The minimum atomic E-state index is -0.765. The van der Waals surface area contributed by atoms with Gasteiger partial charge < -0.3 is 15.2 Å². The summed E-state index contributed by atoms with van der Waals surface area (Å²) in [7, 11) is 0. The standard InChI is InChI=1S/C12H25NO3/c1-5-8-10(11(14)16-7-3)13-9-12(4,15)6-2/h10,13,15H,5-9H2,1-4H3. The van der Waals surface area contributed by atoms with Crippen LogP contribution in [-0.4, -0.2) is 35.9 Å². The first kappa shape index (κ1) is 15.4. The van der Waals surface area contributed by atoms with Gasteiger partial charge in [-0.2, -0.15) is 0 Å². The molecule has 0 aromatic heterocycles. The Bertz CT molecular complexity index is 204. The van der Waals surface area contributed by atoms with Crippen molar-refractivity contribution in [3.63, 3.8) is 0 Å². The molecule has 2 N–H and O–H groups in total. The van der Waals surface area contributed by atoms with E-state index in [1.807, 2.05) is 13.8 Å². The van der Waals surface area contributed by atoms with Crippen molar-refractivity contribution < 1.29 is 14.6 Å². The molecule has 0 spiro atoms. The monoisotopic (exact) mass is 231 g/mol. The summed E-state index contributed by atoms with van der Waals surface area (Å²) >= 11 is 0. The second kappa shape index (κ2) is 7.63. The Balaban J connectivity index is 4.17. The Morgan fingerprint density at radius 1 is 1.44 bits per heavy atom. The maximum Gasteiger partial charge on any atom is 0.323 e. The molecule has 2 atom stereocenters. The molecular weight excluding hydrogens is 206 g/mol. The van der Waals surface area contributed by atoms with Crippen LogP contribution in [0.1, 0.15) is 47.0 Å². The molecule has 0 saturated heterocycles. The topological polar surface area (TPSA) is 58.6 Å². The SMILES string of the molecule is CCCC(NCC(C)(O)CC)C(=O)OCC. The number of hydrogen-bond acceptors (Lipinski definition) is 4. The zero-order valence-electron chi connectivity index (χ0n) is 10.9. The van der Waals surface area contributed by atoms with Gasteiger partial charge in [0.05, 0.1) is 12.2 Å². The van der Waals surface area contributed by atoms with E-state index < -0.39 is 5.60 Å². The maximum atomic E-state index is 11.6. The highest BCUT2D eigenvalue weighted by atomic mass is 16.5. The molecule has 16 heavy (non-hydrogen) atoms. The van der Waals surface area contributed by atoms with Crippen molar-refractivity contribution in [1.29, 1.82) is 0 Å². The summed E-state index contributed by atoms with van der Waals surface area (Å²) in [6.07, 6.45) is 2.30. The van der Waals surface area contributed by atoms with Crippen molar-refractivity contribution in [3.05, 3.63) is 0 Å². The number of rotatable bonds is 8. The van der Waals surface area contributed by atoms with E-state index in [0.717, 1.165) is 12.8 Å². The average molecular weight is 231 g/mol. The van der Waals surface area contributed by atoms with E-state index in [1.165, 1.54) is 0 Å². The van der Waals surface area contributed by atoms with Gasteiger partial charge in [0.2, 0.25) is 0 Å². The number of aliphatic hydroxyl groups is 1. The van der Waals surface area contributed by atoms with Gasteiger partial charge in [0, 0.05) is 6.54 Å². The first-order valence-corrected chi connectivity index (χ1v) is 6.09. The van der Waals surface area contributed by atoms with E-state index in [2.05, 4.69) is 5.32 Å². The summed E-state index contributed by atoms with van der Waals surface area (Å²) in [6, 6.07) is -0.303. The zero-order valence-corrected chi connectivity index (χ0v) is 10.9. The van der Waals surface area contributed by atoms with Crippen LogP contribution in [0, 0.1) is 0 Å². The Labute approximate surface area is 98.4 Å². The summed E-state index contributed by atoms with van der Waals surface area (Å²) < 4.78 is 4.97. The average Bonchev–Trinajstić information content (AvgIpc) is 2.24. The van der Waals surface area contributed by atoms with Crippen LogP contribution in [0.5, 0.6) is 0 Å². The van der Waals surface area contributed by atoms with E-state index in [-0.39, 0.29) is 12.0 Å². The Kier molecular flexibility index (Phi) is 7.34. The quantitative estimate of drug-likeness (QED) is 0.621. The number of hydrogen-bond donors (Lipinski definition) is 2. The fraction of sp³-hybridized carbons (Fsp3) is 0.917. The Morgan fingerprint density at radius 3 is 2.50 bits per heavy atom. The Hall–Kier alpha value is -0.610. The highest BCUT2D eigenvalue weighted by molar-refractivity contribution is 5.75. The van der Waals surface area contributed by atoms with Crippen LogP contribution >= 0.6 is 0 Å². The van der Waals surface area contributed by atoms with Gasteiger partial charge in [0.1, 0.15) is 6.04 Å². The number of carbonyl (C=O) groups excluding carboxylic acids is 1. The summed E-state index contributed by atoms with van der Waals surface area (Å²) in [5.41, 5.74) is -0.765. The summed E-state index contributed by atoms with van der Waals surface area (Å²) in [5.74, 6) is -0.226. The lowest BCUT2D eigenvalue weighted by Gasteiger charge is -2.25. The molecular formula is C12H25NO3. The second-order valence-electron chi connectivity index (χ2n) is 4.32. The fourth-order valence-electron chi connectivity index (χ4n) is 1.30. The van der Waals surface area contributed by atoms with Crippen molar-refractivity contribution in [3.8, 4) is 0 Å². The van der Waals surface area contributed by atoms with Gasteiger partial charge in [-0.15, -0.1) is 0 Å². The third kappa shape index (κ3) is 6.08. The van der Waals surface area contributed by atoms with Crippen LogP contribution in [0.15, 0.2) is 0 Å². The number of ether oxygens (including phenoxy) is 1. The summed E-state index contributed by atoms with van der Waals surface area (Å²) in [6.45, 7) is 8.29. The van der Waals surface area contributed by atoms with E-state index in [4.69, 9.17) is 4.74 Å². The maximum absolute atomic E-state index is 11.6. The smallest absolute Gasteiger partial charge is 0.323 e. The van der Waals surface area contributed by atoms with Crippen LogP contribution in [-0.2, 0) is 9.53 Å². The molecule has 0 aliphatic carbocycles. The normalized spacial score (nSPS) is 16.6. The third-order valence-corrected chi connectivity index (χ3v) is 2.64. The van der Waals surface area contributed by atoms with Crippen LogP contribution in [0.4, 0.5) is 0 Å². The molecule has 0 bridgehead atoms. The van der Waals surface area contributed by atoms with Crippen molar-refractivity contribution >= 4 is 5.97 Å². The van der Waals surface area contributed by atoms with E-state index in [1.54, 1.807) is 13.8 Å². The van der Waals surface area contributed by atoms with Gasteiger partial charge in [-0.1, -0.05) is 20.3 Å². The van der Waals surface area contributed by atoms with Crippen molar-refractivity contribution in [2.45, 2.75) is 58.6 Å². The summed E-state index contributed by atoms with van der Waals surface area (Å²) in [4.78, 5) is 11.6. The minimum Gasteiger partial charge on any atom is -0.465 e. The van der Waals surface area contributed by atoms with Crippen molar-refractivity contribution in [1.82, 2.24) is 5.32 Å². The van der Waals surface area contributed by atoms with E-state index in [9.17, 15) is 9.90 Å². The van der Waals surface area contributed by atoms with Crippen molar-refractivity contribution in [2.75, 3.05) is 13.2 Å². The molecule has 0 amide bonds. The summed E-state index contributed by atoms with van der Waals surface area (Å²) in [5, 5.41) is 12.9. The van der Waals surface area contributed by atoms with Gasteiger partial charge in [-0.3, -0.25) is 4.79 Å². The molecule has 0 saturated carbocycles. The molecule has 0 aromatic carbocycles. The lowest BCUT2D eigenvalue weighted by Crippen LogP contribution is -2.46. The molecule has 0 fully saturated rings. The molecule has 0 aromatic rings. The first-order valence-electron chi connectivity index (χ1n) is 6.09. The highest BCUT2D eigenvalue weighted by Gasteiger charge is 2.23. The van der Waals surface area contributed by atoms with Crippen LogP contribution in [0.3, 0.4) is 0 Å². The van der Waals surface area contributed by atoms with Gasteiger partial charge in [0.25, 0.3) is 0 Å². The third-order valence-electron chi connectivity index (χ3n) is 2.64. The fourth-order valence-corrected chi connectivity index (χ4v) is 1.30. The molecule has 0 heterocycles. The van der Waals surface area contributed by atoms with Crippen molar-refractivity contribution in [2.24, 2.45) is 0 Å². The van der Waals surface area contributed by atoms with Crippen LogP contribution < -0.4 is 5.32 Å². The molecule has 96 valence electrons. The molecule has 0 rings (SSSR count). The number of esters is 1. The second-order valence-corrected chi connectivity index (χ2v) is 4.32. The molecule has 0 aliphatic rings.